The van der Waals surface area contributed by atoms with E-state index in [1.807, 2.05) is 19.2 Å². The Balaban J connectivity index is 1.04. The highest BCUT2D eigenvalue weighted by Gasteiger charge is 2.45. The van der Waals surface area contributed by atoms with Crippen molar-refractivity contribution in [2.24, 2.45) is 7.05 Å². The van der Waals surface area contributed by atoms with Gasteiger partial charge in [-0.15, -0.1) is 0 Å². The zero-order chi connectivity index (χ0) is 28.3. The molecule has 0 N–H and O–H groups in total. The normalized spacial score (nSPS) is 27.1. The average Bonchev–Trinajstić information content (AvgIpc) is 3.45. The van der Waals surface area contributed by atoms with Crippen LogP contribution in [0.4, 0.5) is 0 Å². The van der Waals surface area contributed by atoms with E-state index in [9.17, 15) is 8.42 Å². The lowest BCUT2D eigenvalue weighted by Crippen LogP contribution is -2.55. The molecule has 3 aromatic rings. The third kappa shape index (κ3) is 5.13. The first-order chi connectivity index (χ1) is 19.8. The molecule has 0 saturated carbocycles. The smallest absolute Gasteiger partial charge is 0.175 e. The first-order valence-electron chi connectivity index (χ1n) is 15.5. The Morgan fingerprint density at radius 3 is 2.15 bits per heavy atom. The van der Waals surface area contributed by atoms with Gasteiger partial charge < -0.3 is 14.2 Å². The summed E-state index contributed by atoms with van der Waals surface area (Å²) < 4.78 is 31.5. The van der Waals surface area contributed by atoms with Gasteiger partial charge in [-0.1, -0.05) is 0 Å². The quantitative estimate of drug-likeness (QED) is 0.435. The molecular weight excluding hydrogens is 534 g/mol. The Hall–Kier alpha value is -2.33. The molecule has 1 aromatic carbocycles. The second-order valence-corrected chi connectivity index (χ2v) is 15.0. The van der Waals surface area contributed by atoms with Crippen LogP contribution >= 0.6 is 0 Å². The van der Waals surface area contributed by atoms with E-state index < -0.39 is 9.84 Å². The molecule has 9 heteroatoms. The highest BCUT2D eigenvalue weighted by Crippen LogP contribution is 2.42. The largest absolute Gasteiger partial charge is 0.381 e. The van der Waals surface area contributed by atoms with Gasteiger partial charge in [0.1, 0.15) is 11.3 Å². The standard InChI is InChI=1S/C32H43N5O3S/c1-21-18-29(33-32-30(21)34-31(35(32)2)23-4-8-28(9-5-23)41(3,38)39)22-10-14-36(15-11-22)27-19-25-6-7-26(20-27)37(25)24-12-16-40-17-13-24/h4-5,8-9,18,22,24-27H,6-7,10-17,19-20H2,1-3H3. The summed E-state index contributed by atoms with van der Waals surface area (Å²) in [6.07, 6.45) is 11.4. The van der Waals surface area contributed by atoms with Crippen molar-refractivity contribution in [3.05, 3.63) is 41.6 Å². The Morgan fingerprint density at radius 2 is 1.51 bits per heavy atom. The van der Waals surface area contributed by atoms with E-state index in [2.05, 4.69) is 27.4 Å². The molecule has 0 amide bonds. The molecule has 220 valence electrons. The van der Waals surface area contributed by atoms with Gasteiger partial charge in [0.25, 0.3) is 0 Å². The van der Waals surface area contributed by atoms with Crippen molar-refractivity contribution in [2.75, 3.05) is 32.6 Å². The zero-order valence-corrected chi connectivity index (χ0v) is 25.4. The number of pyridine rings is 1. The van der Waals surface area contributed by atoms with Gasteiger partial charge in [0.15, 0.2) is 15.5 Å². The molecule has 41 heavy (non-hydrogen) atoms. The van der Waals surface area contributed by atoms with Crippen molar-refractivity contribution in [1.29, 1.82) is 0 Å². The van der Waals surface area contributed by atoms with Gasteiger partial charge in [0, 0.05) is 67.9 Å². The number of likely N-dealkylation sites (tertiary alicyclic amines) is 1. The summed E-state index contributed by atoms with van der Waals surface area (Å²) in [5, 5.41) is 0. The average molecular weight is 578 g/mol. The molecule has 2 bridgehead atoms. The summed E-state index contributed by atoms with van der Waals surface area (Å²) in [7, 11) is -1.22. The van der Waals surface area contributed by atoms with Crippen LogP contribution in [0, 0.1) is 6.92 Å². The third-order valence-electron chi connectivity index (χ3n) is 10.4. The van der Waals surface area contributed by atoms with Crippen LogP contribution in [0.2, 0.25) is 0 Å². The number of benzene rings is 1. The summed E-state index contributed by atoms with van der Waals surface area (Å²) in [4.78, 5) is 16.1. The first-order valence-corrected chi connectivity index (χ1v) is 17.4. The van der Waals surface area contributed by atoms with Crippen molar-refractivity contribution < 1.29 is 13.2 Å². The van der Waals surface area contributed by atoms with E-state index in [4.69, 9.17) is 14.7 Å². The summed E-state index contributed by atoms with van der Waals surface area (Å²) in [5.41, 5.74) is 5.05. The predicted molar refractivity (Wildman–Crippen MR) is 161 cm³/mol. The molecule has 0 radical (unpaired) electrons. The lowest BCUT2D eigenvalue weighted by Gasteiger charge is -2.48. The van der Waals surface area contributed by atoms with Crippen molar-refractivity contribution in [3.8, 4) is 11.4 Å². The number of sulfone groups is 1. The summed E-state index contributed by atoms with van der Waals surface area (Å²) in [5.74, 6) is 1.28. The second kappa shape index (κ2) is 10.7. The molecule has 4 saturated heterocycles. The van der Waals surface area contributed by atoms with Gasteiger partial charge >= 0.3 is 0 Å². The number of rotatable bonds is 5. The molecule has 8 nitrogen and oxygen atoms in total. The molecule has 6 heterocycles. The first kappa shape index (κ1) is 27.5. The summed E-state index contributed by atoms with van der Waals surface area (Å²) in [6.45, 7) is 6.33. The van der Waals surface area contributed by atoms with Crippen LogP contribution in [0.3, 0.4) is 0 Å². The maximum absolute atomic E-state index is 11.9. The minimum absolute atomic E-state index is 0.320. The number of aryl methyl sites for hydroxylation is 2. The highest BCUT2D eigenvalue weighted by molar-refractivity contribution is 7.90. The minimum atomic E-state index is -3.23. The maximum Gasteiger partial charge on any atom is 0.175 e. The molecule has 4 aliphatic heterocycles. The van der Waals surface area contributed by atoms with Gasteiger partial charge in [-0.25, -0.2) is 18.4 Å². The van der Waals surface area contributed by atoms with E-state index in [0.29, 0.717) is 10.8 Å². The molecule has 2 aromatic heterocycles. The molecule has 0 spiro atoms. The molecule has 4 fully saturated rings. The van der Waals surface area contributed by atoms with Crippen LogP contribution in [-0.4, -0.2) is 89.5 Å². The summed E-state index contributed by atoms with van der Waals surface area (Å²) >= 11 is 0. The third-order valence-corrected chi connectivity index (χ3v) is 11.5. The van der Waals surface area contributed by atoms with Crippen molar-refractivity contribution in [3.63, 3.8) is 0 Å². The van der Waals surface area contributed by atoms with Crippen molar-refractivity contribution in [1.82, 2.24) is 24.3 Å². The van der Waals surface area contributed by atoms with E-state index in [1.54, 1.807) is 12.1 Å². The van der Waals surface area contributed by atoms with Crippen LogP contribution in [0.15, 0.2) is 35.2 Å². The number of fused-ring (bicyclic) bond motifs is 3. The Bertz CT molecular complexity index is 1510. The van der Waals surface area contributed by atoms with Crippen LogP contribution < -0.4 is 0 Å². The van der Waals surface area contributed by atoms with Gasteiger partial charge in [0.2, 0.25) is 0 Å². The molecule has 4 aliphatic rings. The number of aromatic nitrogens is 3. The lowest BCUT2D eigenvalue weighted by atomic mass is 9.88. The van der Waals surface area contributed by atoms with E-state index in [1.165, 1.54) is 50.5 Å². The van der Waals surface area contributed by atoms with E-state index in [-0.39, 0.29) is 0 Å². The number of hydrogen-bond donors (Lipinski definition) is 0. The zero-order valence-electron chi connectivity index (χ0n) is 24.6. The number of hydrogen-bond acceptors (Lipinski definition) is 7. The molecular formula is C32H43N5O3S. The van der Waals surface area contributed by atoms with Crippen molar-refractivity contribution >= 4 is 21.0 Å². The van der Waals surface area contributed by atoms with Gasteiger partial charge in [-0.2, -0.15) is 0 Å². The Labute approximate surface area is 244 Å². The Kier molecular flexibility index (Phi) is 7.20. The fraction of sp³-hybridized carbons (Fsp3) is 0.625. The molecule has 2 unspecified atom stereocenters. The SMILES string of the molecule is Cc1cc(C2CCN(C3CC4CCC(C3)N4C3CCOCC3)CC2)nc2c1nc(-c1ccc(S(C)(=O)=O)cc1)n2C. The number of imidazole rings is 1. The molecule has 2 atom stereocenters. The molecule has 0 aliphatic carbocycles. The predicted octanol–water partition coefficient (Wildman–Crippen LogP) is 4.70. The van der Waals surface area contributed by atoms with Crippen LogP contribution in [0.1, 0.15) is 68.5 Å². The van der Waals surface area contributed by atoms with Gasteiger partial charge in [-0.3, -0.25) is 4.90 Å². The number of piperidine rings is 2. The minimum Gasteiger partial charge on any atom is -0.381 e. The second-order valence-electron chi connectivity index (χ2n) is 12.9. The van der Waals surface area contributed by atoms with Crippen LogP contribution in [-0.2, 0) is 21.6 Å². The van der Waals surface area contributed by atoms with Crippen molar-refractivity contribution in [2.45, 2.75) is 93.3 Å². The fourth-order valence-electron chi connectivity index (χ4n) is 8.27. The monoisotopic (exact) mass is 577 g/mol. The van der Waals surface area contributed by atoms with Gasteiger partial charge in [0.05, 0.1) is 4.90 Å². The fourth-order valence-corrected chi connectivity index (χ4v) is 8.90. The highest BCUT2D eigenvalue weighted by atomic mass is 32.2. The topological polar surface area (TPSA) is 80.6 Å². The number of nitrogens with zero attached hydrogens (tertiary/aromatic N) is 5. The molecule has 7 rings (SSSR count). The summed E-state index contributed by atoms with van der Waals surface area (Å²) in [6, 6.07) is 12.3. The number of ether oxygens (including phenoxy) is 1. The van der Waals surface area contributed by atoms with Crippen LogP contribution in [0.25, 0.3) is 22.6 Å². The lowest BCUT2D eigenvalue weighted by molar-refractivity contribution is -0.0222. The Morgan fingerprint density at radius 1 is 0.854 bits per heavy atom. The van der Waals surface area contributed by atoms with Gasteiger partial charge in [-0.05, 0) is 107 Å². The van der Waals surface area contributed by atoms with Crippen LogP contribution in [0.5, 0.6) is 0 Å². The maximum atomic E-state index is 11.9. The van der Waals surface area contributed by atoms with E-state index in [0.717, 1.165) is 91.4 Å². The van der Waals surface area contributed by atoms with E-state index >= 15 is 0 Å².